The summed E-state index contributed by atoms with van der Waals surface area (Å²) < 4.78 is 29.2. The average molecular weight is 934 g/mol. The molecule has 3 aromatic heterocycles. The van der Waals surface area contributed by atoms with E-state index in [1.807, 2.05) is 12.1 Å². The van der Waals surface area contributed by atoms with Gasteiger partial charge in [-0.3, -0.25) is 0 Å². The van der Waals surface area contributed by atoms with Gasteiger partial charge < -0.3 is 4.42 Å². The van der Waals surface area contributed by atoms with Crippen molar-refractivity contribution in [2.45, 2.75) is 90.4 Å². The molecule has 0 spiro atoms. The molecule has 2 unspecified atom stereocenters. The number of aromatic nitrogens is 3. The van der Waals surface area contributed by atoms with Crippen molar-refractivity contribution in [1.82, 2.24) is 4.57 Å². The standard InChI is InChI=1S/C64H60FN3OSi/c1-39(2)54-35-46(42-16-10-9-11-17-42)36-55(40(3)4)62(54)68-58-21-15-14-20-57(58)67-41(5)34-59-51(49-18-12-13-19-50(49)56-33-29-48(38-66(56)59)70(6,7)8)30-24-44-25-32-53-52-31-26-45(43-22-27-47(65)28-23-43)37-60(52)69-63(53)61(44)64(67)68/h9-23,25-29,31-33,35-40,51,59H,5,24,30,34H2,1-4,6-8H3/q+2. The van der Waals surface area contributed by atoms with Crippen molar-refractivity contribution in [1.29, 1.82) is 0 Å². The molecule has 2 atom stereocenters. The second kappa shape index (κ2) is 16.8. The number of nitrogens with zero attached hydrogens (tertiary/aromatic N) is 3. The summed E-state index contributed by atoms with van der Waals surface area (Å²) in [4.78, 5) is 0. The number of benzene rings is 7. The Labute approximate surface area is 412 Å². The summed E-state index contributed by atoms with van der Waals surface area (Å²) in [6.45, 7) is 21.9. The van der Waals surface area contributed by atoms with E-state index in [-0.39, 0.29) is 29.6 Å². The van der Waals surface area contributed by atoms with Crippen LogP contribution in [-0.4, -0.2) is 12.6 Å². The minimum absolute atomic E-state index is 0.139. The third kappa shape index (κ3) is 7.13. The van der Waals surface area contributed by atoms with E-state index < -0.39 is 8.07 Å². The summed E-state index contributed by atoms with van der Waals surface area (Å²) in [7, 11) is -1.67. The number of hydrogen-bond acceptors (Lipinski definition) is 1. The highest BCUT2D eigenvalue weighted by molar-refractivity contribution is 6.88. The molecular weight excluding hydrogens is 874 g/mol. The Morgan fingerprint density at radius 3 is 2.10 bits per heavy atom. The number of fused-ring (bicyclic) bond motifs is 15. The van der Waals surface area contributed by atoms with E-state index in [9.17, 15) is 4.39 Å². The van der Waals surface area contributed by atoms with Crippen LogP contribution in [0.3, 0.4) is 0 Å². The average Bonchev–Trinajstić information content (AvgIpc) is 3.91. The Bertz CT molecular complexity index is 3690. The van der Waals surface area contributed by atoms with Gasteiger partial charge in [-0.2, -0.15) is 13.7 Å². The number of para-hydroxylation sites is 2. The summed E-state index contributed by atoms with van der Waals surface area (Å²) in [6, 6.07) is 56.6. The SMILES string of the molecule is C=C1CC2C(CCc3ccc4c(oc5cc(-c6ccc(F)cc6)ccc54)c3-c3n(-c4c(C(C)C)cc(-c5ccccc5)cc4C(C)C)c4ccccc4[n+]31)c1ccccc1-c1ccc([Si](C)(C)C)c[n+]12. The Balaban J connectivity index is 1.19. The molecule has 12 rings (SSSR count). The first-order chi connectivity index (χ1) is 33.8. The molecule has 0 radical (unpaired) electrons. The van der Waals surface area contributed by atoms with Gasteiger partial charge in [0.1, 0.15) is 28.3 Å². The number of halogens is 1. The molecule has 2 aliphatic heterocycles. The first kappa shape index (κ1) is 44.1. The van der Waals surface area contributed by atoms with Crippen molar-refractivity contribution in [2.24, 2.45) is 0 Å². The van der Waals surface area contributed by atoms with Crippen molar-refractivity contribution in [3.8, 4) is 50.6 Å². The van der Waals surface area contributed by atoms with E-state index in [2.05, 4.69) is 201 Å². The summed E-state index contributed by atoms with van der Waals surface area (Å²) in [5.74, 6) is 1.48. The second-order valence-corrected chi connectivity index (χ2v) is 26.6. The number of imidazole rings is 1. The lowest BCUT2D eigenvalue weighted by atomic mass is 9.77. The van der Waals surface area contributed by atoms with Crippen LogP contribution >= 0.6 is 0 Å². The van der Waals surface area contributed by atoms with E-state index in [0.29, 0.717) is 0 Å². The fourth-order valence-corrected chi connectivity index (χ4v) is 13.0. The predicted molar refractivity (Wildman–Crippen MR) is 290 cm³/mol. The zero-order valence-corrected chi connectivity index (χ0v) is 42.4. The molecule has 0 aliphatic carbocycles. The summed E-state index contributed by atoms with van der Waals surface area (Å²) in [6.07, 6.45) is 5.06. The van der Waals surface area contributed by atoms with Crippen LogP contribution in [0.4, 0.5) is 4.39 Å². The molecule has 0 bridgehead atoms. The lowest BCUT2D eigenvalue weighted by Gasteiger charge is -2.32. The van der Waals surface area contributed by atoms with Crippen LogP contribution in [0, 0.1) is 5.82 Å². The van der Waals surface area contributed by atoms with E-state index in [4.69, 9.17) is 11.0 Å². The highest BCUT2D eigenvalue weighted by Gasteiger charge is 2.45. The molecule has 5 heterocycles. The summed E-state index contributed by atoms with van der Waals surface area (Å²) in [5, 5.41) is 3.59. The first-order valence-corrected chi connectivity index (χ1v) is 28.7. The molecule has 2 aliphatic rings. The smallest absolute Gasteiger partial charge is 0.304 e. The molecule has 0 fully saturated rings. The Morgan fingerprint density at radius 2 is 1.36 bits per heavy atom. The summed E-state index contributed by atoms with van der Waals surface area (Å²) in [5.41, 5.74) is 19.5. The Kier molecular flexibility index (Phi) is 10.6. The van der Waals surface area contributed by atoms with Gasteiger partial charge in [0.15, 0.2) is 28.9 Å². The molecule has 10 aromatic rings. The second-order valence-electron chi connectivity index (χ2n) is 21.5. The van der Waals surface area contributed by atoms with Gasteiger partial charge in [-0.25, -0.2) is 4.39 Å². The van der Waals surface area contributed by atoms with Gasteiger partial charge in [-0.15, -0.1) is 0 Å². The molecule has 7 aromatic carbocycles. The minimum atomic E-state index is -1.67. The number of furan rings is 1. The lowest BCUT2D eigenvalue weighted by Crippen LogP contribution is -2.53. The largest absolute Gasteiger partial charge is 0.455 e. The normalized spacial score (nSPS) is 15.8. The molecule has 70 heavy (non-hydrogen) atoms. The van der Waals surface area contributed by atoms with E-state index in [1.54, 1.807) is 0 Å². The predicted octanol–water partition coefficient (Wildman–Crippen LogP) is 15.8. The monoisotopic (exact) mass is 933 g/mol. The topological polar surface area (TPSA) is 25.8 Å². The molecular formula is C64H60FN3OSi+2. The van der Waals surface area contributed by atoms with Crippen LogP contribution in [0.25, 0.3) is 89.3 Å². The quantitative estimate of drug-likeness (QED) is 0.120. The maximum atomic E-state index is 14.1. The first-order valence-electron chi connectivity index (χ1n) is 25.2. The van der Waals surface area contributed by atoms with E-state index in [1.165, 1.54) is 67.6 Å². The van der Waals surface area contributed by atoms with Crippen LogP contribution < -0.4 is 14.3 Å². The van der Waals surface area contributed by atoms with Gasteiger partial charge in [0.2, 0.25) is 5.69 Å². The third-order valence-electron chi connectivity index (χ3n) is 15.4. The van der Waals surface area contributed by atoms with Gasteiger partial charge in [0.05, 0.1) is 14.5 Å². The molecule has 0 saturated carbocycles. The number of aryl methyl sites for hydroxylation is 1. The van der Waals surface area contributed by atoms with Crippen LogP contribution in [0.1, 0.15) is 86.6 Å². The Morgan fingerprint density at radius 1 is 0.686 bits per heavy atom. The van der Waals surface area contributed by atoms with Crippen molar-refractivity contribution in [2.75, 3.05) is 0 Å². The summed E-state index contributed by atoms with van der Waals surface area (Å²) >= 11 is 0. The van der Waals surface area contributed by atoms with Gasteiger partial charge in [0.25, 0.3) is 0 Å². The maximum absolute atomic E-state index is 14.1. The van der Waals surface area contributed by atoms with Crippen LogP contribution in [-0.2, 0) is 6.42 Å². The number of hydrogen-bond donors (Lipinski definition) is 0. The molecule has 4 nitrogen and oxygen atoms in total. The van der Waals surface area contributed by atoms with Crippen LogP contribution in [0.15, 0.2) is 175 Å². The van der Waals surface area contributed by atoms with Crippen molar-refractivity contribution in [3.63, 3.8) is 0 Å². The number of allylic oxidation sites excluding steroid dienone is 1. The zero-order chi connectivity index (χ0) is 48.2. The lowest BCUT2D eigenvalue weighted by molar-refractivity contribution is -0.719. The van der Waals surface area contributed by atoms with E-state index in [0.717, 1.165) is 80.4 Å². The third-order valence-corrected chi connectivity index (χ3v) is 17.5. The molecule has 0 N–H and O–H groups in total. The number of rotatable bonds is 6. The molecule has 0 amide bonds. The van der Waals surface area contributed by atoms with Crippen molar-refractivity contribution < 1.29 is 17.9 Å². The fraction of sp³-hybridized carbons (Fsp3) is 0.219. The number of pyridine rings is 1. The maximum Gasteiger partial charge on any atom is 0.304 e. The molecule has 6 heteroatoms. The van der Waals surface area contributed by atoms with E-state index >= 15 is 0 Å². The zero-order valence-electron chi connectivity index (χ0n) is 41.4. The minimum Gasteiger partial charge on any atom is -0.455 e. The van der Waals surface area contributed by atoms with Gasteiger partial charge in [-0.1, -0.05) is 151 Å². The molecule has 346 valence electrons. The van der Waals surface area contributed by atoms with Crippen molar-refractivity contribution >= 4 is 51.9 Å². The highest BCUT2D eigenvalue weighted by Crippen LogP contribution is 2.48. The highest BCUT2D eigenvalue weighted by atomic mass is 28.3. The van der Waals surface area contributed by atoms with Gasteiger partial charge in [-0.05, 0) is 113 Å². The van der Waals surface area contributed by atoms with Crippen LogP contribution in [0.2, 0.25) is 19.6 Å². The Hall–Kier alpha value is -7.15. The van der Waals surface area contributed by atoms with Gasteiger partial charge >= 0.3 is 5.82 Å². The van der Waals surface area contributed by atoms with Crippen molar-refractivity contribution in [3.05, 3.63) is 199 Å². The fourth-order valence-electron chi connectivity index (χ4n) is 11.9. The van der Waals surface area contributed by atoms with Gasteiger partial charge in [0, 0.05) is 44.6 Å². The molecule has 0 saturated heterocycles. The van der Waals surface area contributed by atoms with Crippen LogP contribution in [0.5, 0.6) is 0 Å².